The van der Waals surface area contributed by atoms with E-state index in [4.69, 9.17) is 11.5 Å². The maximum atomic E-state index is 13.1. The standard InChI is InChI=1S/C7H7FN4/c8-5-2-3(9)1-4-6(5)11-12-7(4)10/h1-2H,9H2,(H3,10,11,12). The number of aromatic nitrogens is 2. The number of H-pyrrole nitrogens is 1. The molecule has 0 bridgehead atoms. The first-order chi connectivity index (χ1) is 5.68. The van der Waals surface area contributed by atoms with Gasteiger partial charge in [0.15, 0.2) is 11.6 Å². The van der Waals surface area contributed by atoms with Crippen molar-refractivity contribution in [3.63, 3.8) is 0 Å². The van der Waals surface area contributed by atoms with Crippen LogP contribution in [0.4, 0.5) is 15.9 Å². The summed E-state index contributed by atoms with van der Waals surface area (Å²) in [7, 11) is 0. The zero-order valence-electron chi connectivity index (χ0n) is 6.13. The van der Waals surface area contributed by atoms with Gasteiger partial charge in [-0.2, -0.15) is 5.10 Å². The summed E-state index contributed by atoms with van der Waals surface area (Å²) in [6, 6.07) is 2.80. The van der Waals surface area contributed by atoms with Crippen LogP contribution in [0.15, 0.2) is 12.1 Å². The minimum absolute atomic E-state index is 0.260. The Morgan fingerprint density at radius 1 is 1.33 bits per heavy atom. The van der Waals surface area contributed by atoms with Crippen molar-refractivity contribution in [1.29, 1.82) is 0 Å². The third-order valence-corrected chi connectivity index (χ3v) is 1.68. The third-order valence-electron chi connectivity index (χ3n) is 1.68. The maximum Gasteiger partial charge on any atom is 0.153 e. The molecule has 62 valence electrons. The Morgan fingerprint density at radius 3 is 2.83 bits per heavy atom. The van der Waals surface area contributed by atoms with E-state index in [1.165, 1.54) is 6.07 Å². The number of aromatic amines is 1. The van der Waals surface area contributed by atoms with Crippen molar-refractivity contribution in [2.24, 2.45) is 0 Å². The smallest absolute Gasteiger partial charge is 0.153 e. The van der Waals surface area contributed by atoms with Gasteiger partial charge in [-0.3, -0.25) is 5.10 Å². The van der Waals surface area contributed by atoms with Crippen molar-refractivity contribution in [2.75, 3.05) is 11.5 Å². The van der Waals surface area contributed by atoms with Gasteiger partial charge in [0, 0.05) is 11.1 Å². The summed E-state index contributed by atoms with van der Waals surface area (Å²) in [5.41, 5.74) is 11.5. The fourth-order valence-electron chi connectivity index (χ4n) is 1.12. The maximum absolute atomic E-state index is 13.1. The predicted octanol–water partition coefficient (Wildman–Crippen LogP) is 0.866. The highest BCUT2D eigenvalue weighted by molar-refractivity contribution is 5.91. The lowest BCUT2D eigenvalue weighted by atomic mass is 10.2. The molecule has 0 radical (unpaired) electrons. The zero-order chi connectivity index (χ0) is 8.72. The predicted molar refractivity (Wildman–Crippen MR) is 44.9 cm³/mol. The van der Waals surface area contributed by atoms with E-state index in [1.54, 1.807) is 6.07 Å². The number of nitrogen functional groups attached to an aromatic ring is 2. The van der Waals surface area contributed by atoms with Gasteiger partial charge in [0.2, 0.25) is 0 Å². The molecule has 0 unspecified atom stereocenters. The van der Waals surface area contributed by atoms with E-state index in [-0.39, 0.29) is 5.82 Å². The monoisotopic (exact) mass is 166 g/mol. The van der Waals surface area contributed by atoms with Crippen LogP contribution in [0.5, 0.6) is 0 Å². The molecule has 1 heterocycles. The summed E-state index contributed by atoms with van der Waals surface area (Å²) >= 11 is 0. The number of benzene rings is 1. The lowest BCUT2D eigenvalue weighted by molar-refractivity contribution is 0.637. The Balaban J connectivity index is 2.92. The van der Waals surface area contributed by atoms with E-state index < -0.39 is 5.82 Å². The molecule has 1 aromatic heterocycles. The topological polar surface area (TPSA) is 80.7 Å². The summed E-state index contributed by atoms with van der Waals surface area (Å²) in [6.45, 7) is 0. The van der Waals surface area contributed by atoms with E-state index in [1.807, 2.05) is 0 Å². The van der Waals surface area contributed by atoms with E-state index in [0.29, 0.717) is 16.6 Å². The first kappa shape index (κ1) is 6.90. The van der Waals surface area contributed by atoms with E-state index >= 15 is 0 Å². The fourth-order valence-corrected chi connectivity index (χ4v) is 1.12. The molecule has 2 rings (SSSR count). The molecule has 0 amide bonds. The summed E-state index contributed by atoms with van der Waals surface area (Å²) in [5, 5.41) is 6.65. The van der Waals surface area contributed by atoms with Crippen LogP contribution in [0.25, 0.3) is 10.9 Å². The van der Waals surface area contributed by atoms with Gasteiger partial charge in [0.05, 0.1) is 0 Å². The van der Waals surface area contributed by atoms with Crippen LogP contribution in [-0.2, 0) is 0 Å². The van der Waals surface area contributed by atoms with Gasteiger partial charge in [-0.15, -0.1) is 0 Å². The number of hydrogen-bond acceptors (Lipinski definition) is 3. The molecule has 0 spiro atoms. The SMILES string of the molecule is Nc1cc(F)c2[nH]nc(N)c2c1. The van der Waals surface area contributed by atoms with Gasteiger partial charge in [-0.25, -0.2) is 4.39 Å². The lowest BCUT2D eigenvalue weighted by Crippen LogP contribution is -1.88. The second kappa shape index (κ2) is 2.10. The number of halogens is 1. The van der Waals surface area contributed by atoms with Crippen LogP contribution in [0.3, 0.4) is 0 Å². The Kier molecular flexibility index (Phi) is 1.21. The number of fused-ring (bicyclic) bond motifs is 1. The molecule has 0 atom stereocenters. The molecule has 0 saturated carbocycles. The molecule has 0 aliphatic heterocycles. The molecule has 0 aliphatic carbocycles. The molecular formula is C7H7FN4. The second-order valence-corrected chi connectivity index (χ2v) is 2.53. The normalized spacial score (nSPS) is 10.8. The van der Waals surface area contributed by atoms with E-state index in [2.05, 4.69) is 10.2 Å². The number of hydrogen-bond donors (Lipinski definition) is 3. The highest BCUT2D eigenvalue weighted by Crippen LogP contribution is 2.23. The summed E-state index contributed by atoms with van der Waals surface area (Å²) in [5.74, 6) is -0.176. The third kappa shape index (κ3) is 0.795. The minimum Gasteiger partial charge on any atom is -0.399 e. The molecule has 0 aliphatic rings. The van der Waals surface area contributed by atoms with Gasteiger partial charge >= 0.3 is 0 Å². The van der Waals surface area contributed by atoms with Crippen molar-refractivity contribution >= 4 is 22.4 Å². The first-order valence-electron chi connectivity index (χ1n) is 3.37. The molecule has 0 saturated heterocycles. The zero-order valence-corrected chi connectivity index (χ0v) is 6.13. The largest absolute Gasteiger partial charge is 0.399 e. The van der Waals surface area contributed by atoms with Gasteiger partial charge in [-0.1, -0.05) is 0 Å². The molecule has 0 fully saturated rings. The molecule has 4 nitrogen and oxygen atoms in total. The Morgan fingerprint density at radius 2 is 2.08 bits per heavy atom. The number of anilines is 2. The van der Waals surface area contributed by atoms with Gasteiger partial charge in [-0.05, 0) is 12.1 Å². The highest BCUT2D eigenvalue weighted by atomic mass is 19.1. The molecule has 12 heavy (non-hydrogen) atoms. The minimum atomic E-state index is -0.436. The quantitative estimate of drug-likeness (QED) is 0.508. The summed E-state index contributed by atoms with van der Waals surface area (Å²) in [6.07, 6.45) is 0. The molecule has 5 heteroatoms. The molecule has 5 N–H and O–H groups in total. The number of nitrogens with one attached hydrogen (secondary N) is 1. The second-order valence-electron chi connectivity index (χ2n) is 2.53. The number of rotatable bonds is 0. The first-order valence-corrected chi connectivity index (χ1v) is 3.37. The number of nitrogens with two attached hydrogens (primary N) is 2. The Hall–Kier alpha value is -1.78. The van der Waals surface area contributed by atoms with Crippen molar-refractivity contribution in [2.45, 2.75) is 0 Å². The lowest BCUT2D eigenvalue weighted by Gasteiger charge is -1.94. The van der Waals surface area contributed by atoms with Crippen molar-refractivity contribution in [3.8, 4) is 0 Å². The van der Waals surface area contributed by atoms with Crippen LogP contribution in [0.2, 0.25) is 0 Å². The van der Waals surface area contributed by atoms with Crippen molar-refractivity contribution in [1.82, 2.24) is 10.2 Å². The van der Waals surface area contributed by atoms with Crippen molar-refractivity contribution < 1.29 is 4.39 Å². The van der Waals surface area contributed by atoms with Crippen molar-refractivity contribution in [3.05, 3.63) is 17.9 Å². The van der Waals surface area contributed by atoms with E-state index in [0.717, 1.165) is 0 Å². The van der Waals surface area contributed by atoms with Gasteiger partial charge < -0.3 is 11.5 Å². The average Bonchev–Trinajstić information content (AvgIpc) is 2.33. The molecular weight excluding hydrogens is 159 g/mol. The van der Waals surface area contributed by atoms with Crippen LogP contribution >= 0.6 is 0 Å². The summed E-state index contributed by atoms with van der Waals surface area (Å²) < 4.78 is 13.1. The average molecular weight is 166 g/mol. The van der Waals surface area contributed by atoms with Gasteiger partial charge in [0.1, 0.15) is 5.52 Å². The van der Waals surface area contributed by atoms with E-state index in [9.17, 15) is 4.39 Å². The fraction of sp³-hybridized carbons (Fsp3) is 0. The van der Waals surface area contributed by atoms with Crippen LogP contribution < -0.4 is 11.5 Å². The Labute approximate surface area is 67.4 Å². The van der Waals surface area contributed by atoms with Gasteiger partial charge in [0.25, 0.3) is 0 Å². The summed E-state index contributed by atoms with van der Waals surface area (Å²) in [4.78, 5) is 0. The Bertz CT molecular complexity index is 434. The number of nitrogens with zero attached hydrogens (tertiary/aromatic N) is 1. The molecule has 1 aromatic carbocycles. The van der Waals surface area contributed by atoms with Crippen LogP contribution in [0, 0.1) is 5.82 Å². The van der Waals surface area contributed by atoms with Crippen LogP contribution in [0.1, 0.15) is 0 Å². The highest BCUT2D eigenvalue weighted by Gasteiger charge is 2.07. The van der Waals surface area contributed by atoms with Crippen LogP contribution in [-0.4, -0.2) is 10.2 Å². The molecule has 2 aromatic rings.